The summed E-state index contributed by atoms with van der Waals surface area (Å²) in [4.78, 5) is 22.5. The van der Waals surface area contributed by atoms with Crippen LogP contribution < -0.4 is 16.0 Å². The molecule has 1 aromatic heterocycles. The maximum Gasteiger partial charge on any atom is 0.309 e. The molecule has 0 aromatic carbocycles. The standard InChI is InChI=1S/C16H27N5O2/c1-3-5-8-18-14-13(17)15(20-11-19-14)21-9-6-12(7-10-21)16(22)23-4-2/h11-12H,3-10,17H2,1-2H3,(H,18,19,20). The number of nitrogen functional groups attached to an aromatic ring is 1. The molecule has 0 spiro atoms. The van der Waals surface area contributed by atoms with Crippen LogP contribution in [0.2, 0.25) is 0 Å². The minimum absolute atomic E-state index is 0.0172. The molecule has 1 aliphatic rings. The first-order valence-corrected chi connectivity index (χ1v) is 8.43. The maximum absolute atomic E-state index is 11.8. The summed E-state index contributed by atoms with van der Waals surface area (Å²) >= 11 is 0. The second kappa shape index (κ2) is 8.55. The molecule has 1 aromatic rings. The van der Waals surface area contributed by atoms with Crippen molar-refractivity contribution >= 4 is 23.3 Å². The molecule has 0 atom stereocenters. The van der Waals surface area contributed by atoms with Gasteiger partial charge in [-0.2, -0.15) is 0 Å². The average Bonchev–Trinajstić information content (AvgIpc) is 2.57. The summed E-state index contributed by atoms with van der Waals surface area (Å²) in [7, 11) is 0. The van der Waals surface area contributed by atoms with Gasteiger partial charge in [0.15, 0.2) is 11.6 Å². The van der Waals surface area contributed by atoms with E-state index >= 15 is 0 Å². The average molecular weight is 321 g/mol. The zero-order valence-electron chi connectivity index (χ0n) is 14.0. The highest BCUT2D eigenvalue weighted by atomic mass is 16.5. The lowest BCUT2D eigenvalue weighted by Crippen LogP contribution is -2.38. The first-order valence-electron chi connectivity index (χ1n) is 8.43. The lowest BCUT2D eigenvalue weighted by Gasteiger charge is -2.32. The van der Waals surface area contributed by atoms with E-state index in [4.69, 9.17) is 10.5 Å². The third-order valence-electron chi connectivity index (χ3n) is 4.10. The van der Waals surface area contributed by atoms with Crippen molar-refractivity contribution in [2.24, 2.45) is 5.92 Å². The van der Waals surface area contributed by atoms with E-state index in [9.17, 15) is 4.79 Å². The Morgan fingerprint density at radius 3 is 2.78 bits per heavy atom. The Hall–Kier alpha value is -2.05. The lowest BCUT2D eigenvalue weighted by atomic mass is 9.97. The van der Waals surface area contributed by atoms with Gasteiger partial charge < -0.3 is 20.7 Å². The van der Waals surface area contributed by atoms with Gasteiger partial charge in [0.25, 0.3) is 0 Å². The zero-order chi connectivity index (χ0) is 16.7. The van der Waals surface area contributed by atoms with E-state index in [-0.39, 0.29) is 11.9 Å². The number of nitrogens with one attached hydrogen (secondary N) is 1. The molecule has 3 N–H and O–H groups in total. The Balaban J connectivity index is 1.97. The normalized spacial score (nSPS) is 15.5. The van der Waals surface area contributed by atoms with Crippen molar-refractivity contribution in [2.75, 3.05) is 42.2 Å². The second-order valence-corrected chi connectivity index (χ2v) is 5.75. The van der Waals surface area contributed by atoms with E-state index in [1.807, 2.05) is 6.92 Å². The largest absolute Gasteiger partial charge is 0.466 e. The molecule has 0 radical (unpaired) electrons. The summed E-state index contributed by atoms with van der Waals surface area (Å²) in [6, 6.07) is 0. The Bertz CT molecular complexity index is 515. The number of rotatable bonds is 7. The van der Waals surface area contributed by atoms with Gasteiger partial charge in [-0.05, 0) is 26.2 Å². The number of anilines is 3. The van der Waals surface area contributed by atoms with Crippen LogP contribution in [0.25, 0.3) is 0 Å². The third-order valence-corrected chi connectivity index (χ3v) is 4.10. The quantitative estimate of drug-likeness (QED) is 0.586. The van der Waals surface area contributed by atoms with Crippen LogP contribution >= 0.6 is 0 Å². The molecule has 0 aliphatic carbocycles. The lowest BCUT2D eigenvalue weighted by molar-refractivity contribution is -0.148. The van der Waals surface area contributed by atoms with E-state index < -0.39 is 0 Å². The van der Waals surface area contributed by atoms with Gasteiger partial charge >= 0.3 is 5.97 Å². The fourth-order valence-corrected chi connectivity index (χ4v) is 2.75. The van der Waals surface area contributed by atoms with Crippen LogP contribution in [0.3, 0.4) is 0 Å². The monoisotopic (exact) mass is 321 g/mol. The highest BCUT2D eigenvalue weighted by Crippen LogP contribution is 2.30. The molecule has 23 heavy (non-hydrogen) atoms. The minimum atomic E-state index is -0.0928. The molecule has 2 heterocycles. The molecule has 7 nitrogen and oxygen atoms in total. The van der Waals surface area contributed by atoms with E-state index in [1.54, 1.807) is 0 Å². The molecule has 1 saturated heterocycles. The van der Waals surface area contributed by atoms with Crippen molar-refractivity contribution < 1.29 is 9.53 Å². The number of unbranched alkanes of at least 4 members (excludes halogenated alkanes) is 1. The van der Waals surface area contributed by atoms with Crippen LogP contribution in [0.15, 0.2) is 6.33 Å². The van der Waals surface area contributed by atoms with E-state index in [0.29, 0.717) is 18.1 Å². The highest BCUT2D eigenvalue weighted by molar-refractivity contribution is 5.76. The number of hydrogen-bond acceptors (Lipinski definition) is 7. The summed E-state index contributed by atoms with van der Waals surface area (Å²) in [5, 5.41) is 3.26. The Morgan fingerprint density at radius 2 is 2.13 bits per heavy atom. The molecule has 7 heteroatoms. The number of aromatic nitrogens is 2. The summed E-state index contributed by atoms with van der Waals surface area (Å²) in [5.41, 5.74) is 6.80. The summed E-state index contributed by atoms with van der Waals surface area (Å²) in [6.07, 6.45) is 5.26. The fourth-order valence-electron chi connectivity index (χ4n) is 2.75. The van der Waals surface area contributed by atoms with E-state index in [2.05, 4.69) is 27.1 Å². The van der Waals surface area contributed by atoms with Gasteiger partial charge in [0, 0.05) is 19.6 Å². The molecular weight excluding hydrogens is 294 g/mol. The summed E-state index contributed by atoms with van der Waals surface area (Å²) < 4.78 is 5.10. The predicted molar refractivity (Wildman–Crippen MR) is 91.4 cm³/mol. The molecule has 0 unspecified atom stereocenters. The van der Waals surface area contributed by atoms with Crippen LogP contribution in [0, 0.1) is 5.92 Å². The van der Waals surface area contributed by atoms with Crippen molar-refractivity contribution in [2.45, 2.75) is 39.5 Å². The number of carbonyl (C=O) groups excluding carboxylic acids is 1. The van der Waals surface area contributed by atoms with Gasteiger partial charge in [0.1, 0.15) is 12.0 Å². The van der Waals surface area contributed by atoms with Crippen LogP contribution in [0.1, 0.15) is 39.5 Å². The van der Waals surface area contributed by atoms with Crippen molar-refractivity contribution in [1.82, 2.24) is 9.97 Å². The molecule has 2 rings (SSSR count). The Kier molecular flexibility index (Phi) is 6.43. The Morgan fingerprint density at radius 1 is 1.39 bits per heavy atom. The first kappa shape index (κ1) is 17.3. The number of nitrogens with two attached hydrogens (primary N) is 1. The van der Waals surface area contributed by atoms with E-state index in [0.717, 1.165) is 51.1 Å². The minimum Gasteiger partial charge on any atom is -0.466 e. The summed E-state index contributed by atoms with van der Waals surface area (Å²) in [6.45, 7) is 6.76. The van der Waals surface area contributed by atoms with Crippen molar-refractivity contribution in [3.05, 3.63) is 6.33 Å². The number of esters is 1. The molecule has 0 bridgehead atoms. The molecule has 0 saturated carbocycles. The van der Waals surface area contributed by atoms with Crippen molar-refractivity contribution in [3.8, 4) is 0 Å². The fraction of sp³-hybridized carbons (Fsp3) is 0.688. The topological polar surface area (TPSA) is 93.4 Å². The van der Waals surface area contributed by atoms with Crippen LogP contribution in [-0.4, -0.2) is 42.2 Å². The molecule has 128 valence electrons. The van der Waals surface area contributed by atoms with Gasteiger partial charge in [-0.25, -0.2) is 9.97 Å². The highest BCUT2D eigenvalue weighted by Gasteiger charge is 2.27. The molecular formula is C16H27N5O2. The summed E-state index contributed by atoms with van der Waals surface area (Å²) in [5.74, 6) is 1.33. The number of ether oxygens (including phenoxy) is 1. The molecule has 0 amide bonds. The number of piperidine rings is 1. The Labute approximate surface area is 137 Å². The van der Waals surface area contributed by atoms with Gasteiger partial charge in [0.2, 0.25) is 0 Å². The van der Waals surface area contributed by atoms with Crippen molar-refractivity contribution in [3.63, 3.8) is 0 Å². The molecule has 1 fully saturated rings. The van der Waals surface area contributed by atoms with Crippen LogP contribution in [0.4, 0.5) is 17.3 Å². The number of carbonyl (C=O) groups is 1. The number of hydrogen-bond donors (Lipinski definition) is 2. The van der Waals surface area contributed by atoms with Crippen LogP contribution in [-0.2, 0) is 9.53 Å². The van der Waals surface area contributed by atoms with Gasteiger partial charge in [-0.3, -0.25) is 4.79 Å². The zero-order valence-corrected chi connectivity index (χ0v) is 14.0. The van der Waals surface area contributed by atoms with Gasteiger partial charge in [-0.1, -0.05) is 13.3 Å². The SMILES string of the molecule is CCCCNc1ncnc(N2CCC(C(=O)OCC)CC2)c1N. The predicted octanol–water partition coefficient (Wildman–Crippen LogP) is 2.05. The van der Waals surface area contributed by atoms with Gasteiger partial charge in [0.05, 0.1) is 12.5 Å². The van der Waals surface area contributed by atoms with Crippen LogP contribution in [0.5, 0.6) is 0 Å². The first-order chi connectivity index (χ1) is 11.2. The van der Waals surface area contributed by atoms with E-state index in [1.165, 1.54) is 6.33 Å². The smallest absolute Gasteiger partial charge is 0.309 e. The third kappa shape index (κ3) is 4.46. The second-order valence-electron chi connectivity index (χ2n) is 5.75. The molecule has 1 aliphatic heterocycles. The van der Waals surface area contributed by atoms with Gasteiger partial charge in [-0.15, -0.1) is 0 Å². The maximum atomic E-state index is 11.8. The van der Waals surface area contributed by atoms with Crippen molar-refractivity contribution in [1.29, 1.82) is 0 Å². The number of nitrogens with zero attached hydrogens (tertiary/aromatic N) is 3.